The number of esters is 1. The number of hydrogen-bond acceptors (Lipinski definition) is 7. The third-order valence-corrected chi connectivity index (χ3v) is 4.18. The Labute approximate surface area is 147 Å². The molecule has 1 N–H and O–H groups in total. The molecule has 0 fully saturated rings. The van der Waals surface area contributed by atoms with Gasteiger partial charge in [0.1, 0.15) is 0 Å². The molecule has 0 saturated heterocycles. The molecule has 1 unspecified atom stereocenters. The van der Waals surface area contributed by atoms with Crippen LogP contribution in [0.2, 0.25) is 0 Å². The van der Waals surface area contributed by atoms with Crippen molar-refractivity contribution in [3.8, 4) is 0 Å². The molecule has 7 nitrogen and oxygen atoms in total. The monoisotopic (exact) mass is 357 g/mol. The van der Waals surface area contributed by atoms with Crippen molar-refractivity contribution in [3.63, 3.8) is 0 Å². The molecule has 1 aromatic carbocycles. The van der Waals surface area contributed by atoms with E-state index in [0.29, 0.717) is 16.4 Å². The molecule has 2 heterocycles. The zero-order valence-electron chi connectivity index (χ0n) is 13.6. The van der Waals surface area contributed by atoms with Crippen LogP contribution in [-0.2, 0) is 4.74 Å². The number of amides is 1. The summed E-state index contributed by atoms with van der Waals surface area (Å²) in [6.07, 6.45) is -0.699. The highest BCUT2D eigenvalue weighted by Gasteiger charge is 2.21. The number of benzene rings is 1. The number of ether oxygens (including phenoxy) is 1. The molecule has 0 bridgehead atoms. The second-order valence-corrected chi connectivity index (χ2v) is 6.15. The van der Waals surface area contributed by atoms with Gasteiger partial charge >= 0.3 is 5.97 Å². The Hall–Kier alpha value is -3.00. The third kappa shape index (κ3) is 3.92. The van der Waals surface area contributed by atoms with Crippen molar-refractivity contribution >= 4 is 28.9 Å². The Balaban J connectivity index is 1.75. The van der Waals surface area contributed by atoms with E-state index in [1.54, 1.807) is 50.2 Å². The Morgan fingerprint density at radius 1 is 1.24 bits per heavy atom. The fraction of sp³-hybridized carbons (Fsp3) is 0.176. The zero-order chi connectivity index (χ0) is 17.8. The van der Waals surface area contributed by atoms with Gasteiger partial charge in [0.2, 0.25) is 0 Å². The molecule has 0 aliphatic carbocycles. The van der Waals surface area contributed by atoms with Crippen molar-refractivity contribution < 1.29 is 18.8 Å². The van der Waals surface area contributed by atoms with Crippen molar-refractivity contribution in [2.45, 2.75) is 20.0 Å². The van der Waals surface area contributed by atoms with Crippen molar-refractivity contribution in [2.75, 3.05) is 5.32 Å². The standard InChI is InChI=1S/C17H15N3O4S/c1-10(16-18-11(2)20-24-16)23-17(22)12-6-3-4-7-13(12)19-15(21)14-8-5-9-25-14/h3-10H,1-2H3,(H,19,21). The van der Waals surface area contributed by atoms with Crippen LogP contribution in [-0.4, -0.2) is 22.0 Å². The predicted molar refractivity (Wildman–Crippen MR) is 91.6 cm³/mol. The number of rotatable bonds is 5. The summed E-state index contributed by atoms with van der Waals surface area (Å²) in [5, 5.41) is 8.21. The predicted octanol–water partition coefficient (Wildman–Crippen LogP) is 3.61. The van der Waals surface area contributed by atoms with Gasteiger partial charge in [0.05, 0.1) is 16.1 Å². The van der Waals surface area contributed by atoms with E-state index in [9.17, 15) is 9.59 Å². The lowest BCUT2D eigenvalue weighted by molar-refractivity contribution is 0.0266. The fourth-order valence-corrected chi connectivity index (χ4v) is 2.73. The number of nitrogens with one attached hydrogen (secondary N) is 1. The molecule has 3 rings (SSSR count). The first-order chi connectivity index (χ1) is 12.0. The highest BCUT2D eigenvalue weighted by molar-refractivity contribution is 7.12. The lowest BCUT2D eigenvalue weighted by Gasteiger charge is -2.12. The zero-order valence-corrected chi connectivity index (χ0v) is 14.4. The molecular weight excluding hydrogens is 342 g/mol. The molecule has 1 atom stereocenters. The molecule has 8 heteroatoms. The lowest BCUT2D eigenvalue weighted by Crippen LogP contribution is -2.16. The van der Waals surface area contributed by atoms with E-state index in [-0.39, 0.29) is 17.4 Å². The molecule has 1 amide bonds. The molecule has 25 heavy (non-hydrogen) atoms. The number of thiophene rings is 1. The largest absolute Gasteiger partial charge is 0.449 e. The number of aromatic nitrogens is 2. The van der Waals surface area contributed by atoms with Crippen molar-refractivity contribution in [1.82, 2.24) is 10.1 Å². The number of aryl methyl sites for hydroxylation is 1. The molecule has 3 aromatic rings. The van der Waals surface area contributed by atoms with Crippen LogP contribution in [0.25, 0.3) is 0 Å². The van der Waals surface area contributed by atoms with E-state index in [1.807, 2.05) is 5.38 Å². The summed E-state index contributed by atoms with van der Waals surface area (Å²) in [7, 11) is 0. The number of carbonyl (C=O) groups is 2. The van der Waals surface area contributed by atoms with Gasteiger partial charge in [-0.05, 0) is 37.4 Å². The van der Waals surface area contributed by atoms with Gasteiger partial charge in [-0.25, -0.2) is 4.79 Å². The Morgan fingerprint density at radius 3 is 2.72 bits per heavy atom. The van der Waals surface area contributed by atoms with Gasteiger partial charge in [0.25, 0.3) is 11.8 Å². The van der Waals surface area contributed by atoms with Crippen molar-refractivity contribution in [3.05, 3.63) is 63.9 Å². The second kappa shape index (κ2) is 7.27. The van der Waals surface area contributed by atoms with Crippen LogP contribution in [0.3, 0.4) is 0 Å². The Morgan fingerprint density at radius 2 is 2.04 bits per heavy atom. The van der Waals surface area contributed by atoms with Crippen molar-refractivity contribution in [2.24, 2.45) is 0 Å². The number of carbonyl (C=O) groups excluding carboxylic acids is 2. The first-order valence-electron chi connectivity index (χ1n) is 7.49. The van der Waals surface area contributed by atoms with E-state index >= 15 is 0 Å². The number of nitrogens with zero attached hydrogens (tertiary/aromatic N) is 2. The minimum atomic E-state index is -0.699. The maximum absolute atomic E-state index is 12.5. The van der Waals surface area contributed by atoms with E-state index < -0.39 is 12.1 Å². The molecule has 0 aliphatic rings. The van der Waals surface area contributed by atoms with E-state index in [4.69, 9.17) is 9.26 Å². The van der Waals surface area contributed by atoms with Crippen LogP contribution >= 0.6 is 11.3 Å². The van der Waals surface area contributed by atoms with Gasteiger partial charge in [-0.2, -0.15) is 4.98 Å². The van der Waals surface area contributed by atoms with Crippen LogP contribution in [0.1, 0.15) is 44.8 Å². The molecule has 0 aliphatic heterocycles. The summed E-state index contributed by atoms with van der Waals surface area (Å²) in [6, 6.07) is 10.1. The van der Waals surface area contributed by atoms with Crippen LogP contribution in [0.15, 0.2) is 46.3 Å². The number of para-hydroxylation sites is 1. The second-order valence-electron chi connectivity index (χ2n) is 5.20. The van der Waals surface area contributed by atoms with Gasteiger partial charge in [-0.3, -0.25) is 4.79 Å². The topological polar surface area (TPSA) is 94.3 Å². The van der Waals surface area contributed by atoms with E-state index in [2.05, 4.69) is 15.5 Å². The molecule has 0 radical (unpaired) electrons. The van der Waals surface area contributed by atoms with Gasteiger partial charge in [-0.1, -0.05) is 23.4 Å². The number of hydrogen-bond donors (Lipinski definition) is 1. The van der Waals surface area contributed by atoms with Gasteiger partial charge in [0, 0.05) is 0 Å². The summed E-state index contributed by atoms with van der Waals surface area (Å²) in [6.45, 7) is 3.31. The summed E-state index contributed by atoms with van der Waals surface area (Å²) >= 11 is 1.32. The van der Waals surface area contributed by atoms with Gasteiger partial charge in [-0.15, -0.1) is 11.3 Å². The maximum atomic E-state index is 12.5. The molecule has 128 valence electrons. The van der Waals surface area contributed by atoms with Crippen LogP contribution in [0, 0.1) is 6.92 Å². The Kier molecular flexibility index (Phi) is 4.90. The highest BCUT2D eigenvalue weighted by Crippen LogP contribution is 2.22. The molecular formula is C17H15N3O4S. The van der Waals surface area contributed by atoms with Crippen LogP contribution in [0.5, 0.6) is 0 Å². The SMILES string of the molecule is Cc1noc(C(C)OC(=O)c2ccccc2NC(=O)c2cccs2)n1. The van der Waals surface area contributed by atoms with Crippen LogP contribution in [0.4, 0.5) is 5.69 Å². The van der Waals surface area contributed by atoms with Crippen molar-refractivity contribution in [1.29, 1.82) is 0 Å². The normalized spacial score (nSPS) is 11.8. The summed E-state index contributed by atoms with van der Waals surface area (Å²) in [5.41, 5.74) is 0.621. The van der Waals surface area contributed by atoms with E-state index in [0.717, 1.165) is 0 Å². The van der Waals surface area contributed by atoms with Gasteiger partial charge in [0.15, 0.2) is 11.9 Å². The Bertz CT molecular complexity index is 889. The maximum Gasteiger partial charge on any atom is 0.341 e. The average molecular weight is 357 g/mol. The summed E-state index contributed by atoms with van der Waals surface area (Å²) in [4.78, 5) is 29.3. The third-order valence-electron chi connectivity index (χ3n) is 3.32. The van der Waals surface area contributed by atoms with E-state index in [1.165, 1.54) is 11.3 Å². The minimum Gasteiger partial charge on any atom is -0.449 e. The van der Waals surface area contributed by atoms with Crippen LogP contribution < -0.4 is 5.32 Å². The quantitative estimate of drug-likeness (QED) is 0.701. The molecule has 2 aromatic heterocycles. The summed E-state index contributed by atoms with van der Waals surface area (Å²) in [5.74, 6) is -0.200. The smallest absolute Gasteiger partial charge is 0.341 e. The first kappa shape index (κ1) is 16.8. The number of anilines is 1. The lowest BCUT2D eigenvalue weighted by atomic mass is 10.1. The van der Waals surface area contributed by atoms with Gasteiger partial charge < -0.3 is 14.6 Å². The molecule has 0 spiro atoms. The summed E-state index contributed by atoms with van der Waals surface area (Å²) < 4.78 is 10.4. The highest BCUT2D eigenvalue weighted by atomic mass is 32.1. The first-order valence-corrected chi connectivity index (χ1v) is 8.37. The minimum absolute atomic E-state index is 0.214. The fourth-order valence-electron chi connectivity index (χ4n) is 2.11. The average Bonchev–Trinajstić information content (AvgIpc) is 3.26. The molecule has 0 saturated carbocycles.